The van der Waals surface area contributed by atoms with Gasteiger partial charge in [-0.3, -0.25) is 15.5 Å². The van der Waals surface area contributed by atoms with Crippen molar-refractivity contribution in [2.24, 2.45) is 5.73 Å². The Hall–Kier alpha value is -3.43. The number of non-ortho nitro benzene ring substituents is 1. The fourth-order valence-corrected chi connectivity index (χ4v) is 2.33. The van der Waals surface area contributed by atoms with Crippen LogP contribution in [-0.4, -0.2) is 26.4 Å². The Labute approximate surface area is 143 Å². The average Bonchev–Trinajstić information content (AvgIpc) is 3.12. The van der Waals surface area contributed by atoms with Gasteiger partial charge in [0.25, 0.3) is 5.69 Å². The molecule has 1 unspecified atom stereocenters. The molecule has 0 spiro atoms. The maximum atomic E-state index is 12.7. The van der Waals surface area contributed by atoms with Crippen LogP contribution in [0.2, 0.25) is 0 Å². The van der Waals surface area contributed by atoms with E-state index in [1.54, 1.807) is 13.1 Å². The van der Waals surface area contributed by atoms with Crippen LogP contribution in [0.1, 0.15) is 18.9 Å². The summed E-state index contributed by atoms with van der Waals surface area (Å²) >= 11 is 0. The zero-order chi connectivity index (χ0) is 18.4. The van der Waals surface area contributed by atoms with Crippen LogP contribution in [0.15, 0.2) is 43.0 Å². The van der Waals surface area contributed by atoms with E-state index in [0.29, 0.717) is 5.56 Å². The molecule has 0 amide bonds. The topological polar surface area (TPSA) is 149 Å². The van der Waals surface area contributed by atoms with E-state index in [1.807, 2.05) is 0 Å². The lowest BCUT2D eigenvalue weighted by molar-refractivity contribution is -0.384. The van der Waals surface area contributed by atoms with Gasteiger partial charge in [-0.1, -0.05) is 6.92 Å². The second kappa shape index (κ2) is 7.43. The minimum atomic E-state index is -1.40. The van der Waals surface area contributed by atoms with Gasteiger partial charge in [-0.05, 0) is 24.1 Å². The van der Waals surface area contributed by atoms with Gasteiger partial charge in [-0.15, -0.1) is 0 Å². The van der Waals surface area contributed by atoms with Crippen molar-refractivity contribution >= 4 is 17.6 Å². The van der Waals surface area contributed by atoms with Gasteiger partial charge in [0.15, 0.2) is 5.96 Å². The first-order valence-electron chi connectivity index (χ1n) is 7.40. The first-order valence-corrected chi connectivity index (χ1v) is 7.40. The molecule has 0 bridgehead atoms. The number of nitrogens with two attached hydrogens (primary N) is 1. The summed E-state index contributed by atoms with van der Waals surface area (Å²) in [5, 5.41) is 20.8. The zero-order valence-electron chi connectivity index (χ0n) is 13.5. The molecule has 0 saturated carbocycles. The van der Waals surface area contributed by atoms with Crippen LogP contribution >= 0.6 is 0 Å². The first-order chi connectivity index (χ1) is 11.9. The fourth-order valence-electron chi connectivity index (χ4n) is 2.33. The largest absolute Gasteiger partial charge is 0.458 e. The number of carbonyl (C=O) groups excluding carboxylic acids is 1. The second-order valence-electron chi connectivity index (χ2n) is 5.22. The Bertz CT molecular complexity index is 759. The van der Waals surface area contributed by atoms with Crippen LogP contribution in [0.25, 0.3) is 0 Å². The van der Waals surface area contributed by atoms with E-state index in [-0.39, 0.29) is 24.7 Å². The van der Waals surface area contributed by atoms with Crippen LogP contribution in [0.4, 0.5) is 5.69 Å². The summed E-state index contributed by atoms with van der Waals surface area (Å²) in [7, 11) is 0. The molecule has 10 nitrogen and oxygen atoms in total. The molecule has 1 aromatic carbocycles. The molecule has 0 aliphatic carbocycles. The van der Waals surface area contributed by atoms with Crippen LogP contribution in [-0.2, 0) is 21.8 Å². The number of esters is 1. The van der Waals surface area contributed by atoms with Crippen molar-refractivity contribution in [2.45, 2.75) is 25.6 Å². The lowest BCUT2D eigenvalue weighted by Crippen LogP contribution is -2.57. The molecule has 0 saturated heterocycles. The molecule has 0 radical (unpaired) electrons. The van der Waals surface area contributed by atoms with Crippen molar-refractivity contribution in [1.29, 1.82) is 5.41 Å². The average molecular weight is 346 g/mol. The van der Waals surface area contributed by atoms with Crippen molar-refractivity contribution in [3.63, 3.8) is 0 Å². The number of nitro benzene ring substituents is 1. The number of hydrogen-bond acceptors (Lipinski definition) is 6. The Morgan fingerprint density at radius 1 is 1.48 bits per heavy atom. The van der Waals surface area contributed by atoms with E-state index in [4.69, 9.17) is 15.9 Å². The molecule has 4 N–H and O–H groups in total. The van der Waals surface area contributed by atoms with Crippen molar-refractivity contribution in [1.82, 2.24) is 14.9 Å². The number of guanidine groups is 1. The standard InChI is InChI=1S/C15H18N6O4/c1-2-15(19-14(16)17,20-8-7-18-10-20)13(22)25-9-11-3-5-12(6-4-11)21(23)24/h3-8,10H,2,9H2,1H3,(H4,16,17,19). The molecule has 2 aromatic rings. The third-order valence-corrected chi connectivity index (χ3v) is 3.65. The molecule has 1 atom stereocenters. The van der Waals surface area contributed by atoms with Crippen molar-refractivity contribution in [2.75, 3.05) is 0 Å². The van der Waals surface area contributed by atoms with Gasteiger partial charge in [-0.2, -0.15) is 0 Å². The molecule has 0 aliphatic rings. The Morgan fingerprint density at radius 2 is 2.16 bits per heavy atom. The van der Waals surface area contributed by atoms with Gasteiger partial charge in [0, 0.05) is 24.5 Å². The molecule has 0 fully saturated rings. The Morgan fingerprint density at radius 3 is 2.64 bits per heavy atom. The number of hydrogen-bond donors (Lipinski definition) is 3. The number of imidazole rings is 1. The third kappa shape index (κ3) is 3.91. The highest BCUT2D eigenvalue weighted by atomic mass is 16.6. The van der Waals surface area contributed by atoms with Gasteiger partial charge < -0.3 is 20.4 Å². The SMILES string of the molecule is CCC(NC(=N)N)(C(=O)OCc1ccc([N+](=O)[O-])cc1)n1ccnc1. The van der Waals surface area contributed by atoms with Crippen molar-refractivity contribution < 1.29 is 14.5 Å². The summed E-state index contributed by atoms with van der Waals surface area (Å²) in [4.78, 5) is 26.7. The molecule has 1 aromatic heterocycles. The monoisotopic (exact) mass is 346 g/mol. The number of carbonyl (C=O) groups is 1. The maximum absolute atomic E-state index is 12.7. The summed E-state index contributed by atoms with van der Waals surface area (Å²) in [6, 6.07) is 5.68. The first kappa shape index (κ1) is 17.9. The maximum Gasteiger partial charge on any atom is 0.353 e. The van der Waals surface area contributed by atoms with E-state index >= 15 is 0 Å². The number of nitrogens with one attached hydrogen (secondary N) is 2. The normalized spacial score (nSPS) is 12.8. The number of nitrogens with zero attached hydrogens (tertiary/aromatic N) is 3. The summed E-state index contributed by atoms with van der Waals surface area (Å²) < 4.78 is 6.82. The van der Waals surface area contributed by atoms with E-state index in [2.05, 4.69) is 10.3 Å². The van der Waals surface area contributed by atoms with Gasteiger partial charge in [-0.25, -0.2) is 9.78 Å². The number of nitro groups is 1. The second-order valence-corrected chi connectivity index (χ2v) is 5.22. The lowest BCUT2D eigenvalue weighted by Gasteiger charge is -2.32. The predicted molar refractivity (Wildman–Crippen MR) is 88.4 cm³/mol. The van der Waals surface area contributed by atoms with Crippen molar-refractivity contribution in [3.8, 4) is 0 Å². The van der Waals surface area contributed by atoms with Crippen LogP contribution in [0.5, 0.6) is 0 Å². The minimum Gasteiger partial charge on any atom is -0.458 e. The molecule has 10 heteroatoms. The summed E-state index contributed by atoms with van der Waals surface area (Å²) in [6.07, 6.45) is 4.73. The number of aromatic nitrogens is 2. The highest BCUT2D eigenvalue weighted by Crippen LogP contribution is 2.21. The smallest absolute Gasteiger partial charge is 0.353 e. The van der Waals surface area contributed by atoms with E-state index < -0.39 is 16.6 Å². The molecule has 25 heavy (non-hydrogen) atoms. The fraction of sp³-hybridized carbons (Fsp3) is 0.267. The van der Waals surface area contributed by atoms with Crippen LogP contribution in [0, 0.1) is 15.5 Å². The molecule has 132 valence electrons. The highest BCUT2D eigenvalue weighted by molar-refractivity contribution is 5.85. The van der Waals surface area contributed by atoms with Crippen LogP contribution in [0.3, 0.4) is 0 Å². The molecule has 1 heterocycles. The quantitative estimate of drug-likeness (QED) is 0.223. The minimum absolute atomic E-state index is 0.0466. The van der Waals surface area contributed by atoms with E-state index in [9.17, 15) is 14.9 Å². The van der Waals surface area contributed by atoms with Crippen molar-refractivity contribution in [3.05, 3.63) is 58.7 Å². The van der Waals surface area contributed by atoms with E-state index in [0.717, 1.165) is 0 Å². The Balaban J connectivity index is 2.17. The van der Waals surface area contributed by atoms with Gasteiger partial charge >= 0.3 is 5.97 Å². The number of benzene rings is 1. The predicted octanol–water partition coefficient (Wildman–Crippen LogP) is 1.08. The highest BCUT2D eigenvalue weighted by Gasteiger charge is 2.40. The number of rotatable bonds is 7. The van der Waals surface area contributed by atoms with E-state index in [1.165, 1.54) is 41.4 Å². The zero-order valence-corrected chi connectivity index (χ0v) is 13.5. The third-order valence-electron chi connectivity index (χ3n) is 3.65. The number of ether oxygens (including phenoxy) is 1. The Kier molecular flexibility index (Phi) is 5.32. The lowest BCUT2D eigenvalue weighted by atomic mass is 10.1. The molecular weight excluding hydrogens is 328 g/mol. The summed E-state index contributed by atoms with van der Waals surface area (Å²) in [5.74, 6) is -1.04. The summed E-state index contributed by atoms with van der Waals surface area (Å²) in [5.41, 5.74) is 4.57. The van der Waals surface area contributed by atoms with Gasteiger partial charge in [0.2, 0.25) is 5.66 Å². The summed E-state index contributed by atoms with van der Waals surface area (Å²) in [6.45, 7) is 1.66. The van der Waals surface area contributed by atoms with Crippen LogP contribution < -0.4 is 11.1 Å². The molecule has 0 aliphatic heterocycles. The molecular formula is C15H18N6O4. The van der Waals surface area contributed by atoms with Gasteiger partial charge in [0.05, 0.1) is 11.3 Å². The molecule has 2 rings (SSSR count). The van der Waals surface area contributed by atoms with Gasteiger partial charge in [0.1, 0.15) is 6.61 Å².